The zero-order valence-electron chi connectivity index (χ0n) is 23.9. The van der Waals surface area contributed by atoms with Crippen LogP contribution in [0.5, 0.6) is 5.75 Å². The molecule has 0 aliphatic carbocycles. The van der Waals surface area contributed by atoms with Crippen molar-refractivity contribution in [2.24, 2.45) is 0 Å². The molecule has 8 heteroatoms. The first kappa shape index (κ1) is 23.6. The van der Waals surface area contributed by atoms with Crippen molar-refractivity contribution in [2.45, 2.75) is 25.8 Å². The minimum absolute atomic E-state index is 0.0373. The van der Waals surface area contributed by atoms with E-state index in [0.29, 0.717) is 5.56 Å². The summed E-state index contributed by atoms with van der Waals surface area (Å²) in [5, 5.41) is 9.43. The first-order valence-corrected chi connectivity index (χ1v) is 12.3. The van der Waals surface area contributed by atoms with Crippen LogP contribution < -0.4 is 10.3 Å². The number of rotatable bonds is 10. The molecule has 198 valence electrons. The van der Waals surface area contributed by atoms with Gasteiger partial charge in [-0.05, 0) is 53.9 Å². The summed E-state index contributed by atoms with van der Waals surface area (Å²) >= 11 is 6.19. The van der Waals surface area contributed by atoms with E-state index in [1.165, 1.54) is 55.6 Å². The van der Waals surface area contributed by atoms with E-state index in [0.717, 1.165) is 16.2 Å². The number of hydrogen-bond donors (Lipinski definition) is 1. The molecule has 7 nitrogen and oxygen atoms in total. The molecule has 1 N–H and O–H groups in total. The van der Waals surface area contributed by atoms with Crippen LogP contribution in [0.4, 0.5) is 0 Å². The number of benzene rings is 3. The lowest BCUT2D eigenvalue weighted by Crippen LogP contribution is -2.32. The Balaban J connectivity index is 1.86. The second-order valence-corrected chi connectivity index (χ2v) is 9.43. The monoisotopic (exact) mass is 546 g/mol. The van der Waals surface area contributed by atoms with E-state index in [9.17, 15) is 24.3 Å². The number of ketones is 2. The van der Waals surface area contributed by atoms with Crippen LogP contribution in [0.3, 0.4) is 0 Å². The third-order valence-electron chi connectivity index (χ3n) is 6.36. The number of carboxylic acids is 1. The number of aromatic carboxylic acids is 1. The van der Waals surface area contributed by atoms with Crippen LogP contribution in [0.2, 0.25) is 5.02 Å². The van der Waals surface area contributed by atoms with Gasteiger partial charge in [-0.2, -0.15) is 0 Å². The molecule has 39 heavy (non-hydrogen) atoms. The number of carbonyl (C=O) groups is 3. The van der Waals surface area contributed by atoms with Gasteiger partial charge in [0.1, 0.15) is 5.75 Å². The van der Waals surface area contributed by atoms with E-state index < -0.39 is 24.6 Å². The Kier molecular flexibility index (Phi) is 7.22. The fourth-order valence-electron chi connectivity index (χ4n) is 4.40. The Morgan fingerprint density at radius 3 is 2.33 bits per heavy atom. The standard InChI is InChI=1S/C31H26ClNO6/c1-19(34)24-13-12-23(32)16-25(24)26-17-30(36)33(18-29(26)39-2)27(14-20-6-4-3-5-7-20)28(35)15-21-8-10-22(11-9-21)31(37)38/h3-13,16-18,27H,14-15H2,1-2H3,(H,37,38)/i2D3. The third-order valence-corrected chi connectivity index (χ3v) is 6.60. The van der Waals surface area contributed by atoms with Gasteiger partial charge in [-0.1, -0.05) is 54.1 Å². The first-order valence-electron chi connectivity index (χ1n) is 13.5. The number of methoxy groups -OCH3 is 1. The molecular weight excluding hydrogens is 518 g/mol. The van der Waals surface area contributed by atoms with Crippen LogP contribution >= 0.6 is 11.6 Å². The number of carboxylic acid groups (broad SMARTS) is 1. The quantitative estimate of drug-likeness (QED) is 0.257. The number of nitrogens with zero attached hydrogens (tertiary/aromatic N) is 1. The molecule has 0 bridgehead atoms. The average Bonchev–Trinajstić information content (AvgIpc) is 2.92. The summed E-state index contributed by atoms with van der Waals surface area (Å²) in [6.07, 6.45) is 1.16. The second-order valence-electron chi connectivity index (χ2n) is 9.00. The van der Waals surface area contributed by atoms with Crippen molar-refractivity contribution in [1.82, 2.24) is 4.57 Å². The highest BCUT2D eigenvalue weighted by atomic mass is 35.5. The molecule has 4 aromatic rings. The van der Waals surface area contributed by atoms with E-state index in [1.54, 1.807) is 24.3 Å². The normalized spacial score (nSPS) is 13.0. The molecule has 4 rings (SSSR count). The van der Waals surface area contributed by atoms with E-state index in [1.807, 2.05) is 6.07 Å². The number of hydrogen-bond acceptors (Lipinski definition) is 5. The van der Waals surface area contributed by atoms with Crippen LogP contribution in [0.15, 0.2) is 89.9 Å². The number of aromatic nitrogens is 1. The molecule has 1 unspecified atom stereocenters. The number of Topliss-reactive ketones (excluding diaryl/α,β-unsaturated/α-hetero) is 2. The Bertz CT molecular complexity index is 1700. The molecule has 1 aromatic heterocycles. The Morgan fingerprint density at radius 2 is 1.69 bits per heavy atom. The lowest BCUT2D eigenvalue weighted by molar-refractivity contribution is -0.121. The molecule has 0 saturated heterocycles. The minimum Gasteiger partial charge on any atom is -0.495 e. The van der Waals surface area contributed by atoms with Gasteiger partial charge in [0.05, 0.1) is 29.0 Å². The highest BCUT2D eigenvalue weighted by Gasteiger charge is 2.25. The molecule has 0 aliphatic rings. The van der Waals surface area contributed by atoms with Crippen molar-refractivity contribution in [3.8, 4) is 16.9 Å². The topological polar surface area (TPSA) is 103 Å². The zero-order chi connectivity index (χ0) is 30.6. The summed E-state index contributed by atoms with van der Waals surface area (Å²) in [5.41, 5.74) is 1.17. The number of halogens is 1. The third kappa shape index (κ3) is 6.33. The van der Waals surface area contributed by atoms with E-state index in [4.69, 9.17) is 20.5 Å². The predicted molar refractivity (Wildman–Crippen MR) is 149 cm³/mol. The molecular formula is C31H26ClNO6. The van der Waals surface area contributed by atoms with Crippen molar-refractivity contribution in [3.63, 3.8) is 0 Å². The van der Waals surface area contributed by atoms with Crippen LogP contribution in [-0.2, 0) is 17.6 Å². The summed E-state index contributed by atoms with van der Waals surface area (Å²) < 4.78 is 29.6. The van der Waals surface area contributed by atoms with Crippen LogP contribution in [0, 0.1) is 0 Å². The zero-order valence-corrected chi connectivity index (χ0v) is 21.6. The largest absolute Gasteiger partial charge is 0.495 e. The molecule has 0 aliphatic heterocycles. The minimum atomic E-state index is -2.92. The summed E-state index contributed by atoms with van der Waals surface area (Å²) in [5.74, 6) is -2.05. The molecule has 1 heterocycles. The van der Waals surface area contributed by atoms with Crippen molar-refractivity contribution in [3.05, 3.63) is 123 Å². The van der Waals surface area contributed by atoms with Gasteiger partial charge in [-0.3, -0.25) is 14.4 Å². The van der Waals surface area contributed by atoms with Crippen molar-refractivity contribution < 1.29 is 28.3 Å². The van der Waals surface area contributed by atoms with Crippen LogP contribution in [0.1, 0.15) is 48.9 Å². The molecule has 1 atom stereocenters. The van der Waals surface area contributed by atoms with Crippen molar-refractivity contribution in [1.29, 1.82) is 0 Å². The molecule has 0 amide bonds. The molecule has 0 radical (unpaired) electrons. The predicted octanol–water partition coefficient (Wildman–Crippen LogP) is 5.67. The average molecular weight is 547 g/mol. The van der Waals surface area contributed by atoms with Crippen molar-refractivity contribution in [2.75, 3.05) is 7.04 Å². The molecule has 0 fully saturated rings. The molecule has 0 saturated carbocycles. The van der Waals surface area contributed by atoms with E-state index in [-0.39, 0.29) is 57.4 Å². The summed E-state index contributed by atoms with van der Waals surface area (Å²) in [4.78, 5) is 51.0. The fourth-order valence-corrected chi connectivity index (χ4v) is 4.57. The van der Waals surface area contributed by atoms with Gasteiger partial charge in [-0.15, -0.1) is 0 Å². The summed E-state index contributed by atoms with van der Waals surface area (Å²) in [6.45, 7) is 1.33. The highest BCUT2D eigenvalue weighted by Crippen LogP contribution is 2.34. The van der Waals surface area contributed by atoms with Gasteiger partial charge >= 0.3 is 5.97 Å². The molecule has 3 aromatic carbocycles. The summed E-state index contributed by atoms with van der Waals surface area (Å²) in [7, 11) is -2.92. The number of pyridine rings is 1. The Hall–Kier alpha value is -4.49. The van der Waals surface area contributed by atoms with Crippen LogP contribution in [-0.4, -0.2) is 34.2 Å². The highest BCUT2D eigenvalue weighted by molar-refractivity contribution is 6.31. The van der Waals surface area contributed by atoms with Gasteiger partial charge in [0.2, 0.25) is 0 Å². The van der Waals surface area contributed by atoms with Gasteiger partial charge < -0.3 is 14.4 Å². The number of carbonyl (C=O) groups excluding carboxylic acids is 2. The maximum absolute atomic E-state index is 13.7. The van der Waals surface area contributed by atoms with Gasteiger partial charge in [-0.25, -0.2) is 4.79 Å². The number of ether oxygens (including phenoxy) is 1. The maximum Gasteiger partial charge on any atom is 0.335 e. The van der Waals surface area contributed by atoms with Crippen LogP contribution in [0.25, 0.3) is 11.1 Å². The Labute approximate surface area is 234 Å². The Morgan fingerprint density at radius 1 is 0.974 bits per heavy atom. The molecule has 0 spiro atoms. The van der Waals surface area contributed by atoms with Gasteiger partial charge in [0, 0.05) is 35.1 Å². The SMILES string of the molecule is [2H]C([2H])([2H])Oc1cn(C(Cc2ccccc2)C(=O)Cc2ccc(C(=O)O)cc2)c(=O)cc1-c1cc(Cl)ccc1C(C)=O. The van der Waals surface area contributed by atoms with Gasteiger partial charge in [0.25, 0.3) is 5.56 Å². The fraction of sp³-hybridized carbons (Fsp3) is 0.161. The van der Waals surface area contributed by atoms with Gasteiger partial charge in [0.15, 0.2) is 11.6 Å². The lowest BCUT2D eigenvalue weighted by Gasteiger charge is -2.21. The first-order chi connectivity index (χ1) is 19.8. The second kappa shape index (κ2) is 11.9. The maximum atomic E-state index is 13.7. The smallest absolute Gasteiger partial charge is 0.335 e. The van der Waals surface area contributed by atoms with Crippen molar-refractivity contribution >= 4 is 29.1 Å². The summed E-state index contributed by atoms with van der Waals surface area (Å²) in [6, 6.07) is 19.3. The van der Waals surface area contributed by atoms with E-state index in [2.05, 4.69) is 0 Å². The van der Waals surface area contributed by atoms with E-state index >= 15 is 0 Å². The lowest BCUT2D eigenvalue weighted by atomic mass is 9.95.